The van der Waals surface area contributed by atoms with Crippen LogP contribution in [0, 0.1) is 5.92 Å². The van der Waals surface area contributed by atoms with E-state index < -0.39 is 29.9 Å². The van der Waals surface area contributed by atoms with Crippen molar-refractivity contribution in [2.24, 2.45) is 11.7 Å². The molecule has 0 aliphatic carbocycles. The lowest BCUT2D eigenvalue weighted by Crippen LogP contribution is -2.53. The Morgan fingerprint density at radius 1 is 1.12 bits per heavy atom. The van der Waals surface area contributed by atoms with Crippen LogP contribution in [-0.2, 0) is 20.8 Å². The molecule has 1 aromatic rings. The van der Waals surface area contributed by atoms with Gasteiger partial charge in [0.15, 0.2) is 0 Å². The zero-order valence-electron chi connectivity index (χ0n) is 14.4. The second-order valence-corrected chi connectivity index (χ2v) is 6.02. The number of nitrogens with one attached hydrogen (secondary N) is 2. The fourth-order valence-electron chi connectivity index (χ4n) is 2.15. The average Bonchev–Trinajstić information content (AvgIpc) is 2.59. The molecule has 0 unspecified atom stereocenters. The highest BCUT2D eigenvalue weighted by Gasteiger charge is 2.24. The molecule has 4 N–H and O–H groups in total. The summed E-state index contributed by atoms with van der Waals surface area (Å²) < 4.78 is 0. The predicted molar refractivity (Wildman–Crippen MR) is 92.8 cm³/mol. The van der Waals surface area contributed by atoms with E-state index >= 15 is 0 Å². The summed E-state index contributed by atoms with van der Waals surface area (Å²) in [6, 6.07) is 7.21. The van der Waals surface area contributed by atoms with Gasteiger partial charge in [0, 0.05) is 0 Å². The van der Waals surface area contributed by atoms with Crippen LogP contribution in [0.3, 0.4) is 0 Å². The smallest absolute Gasteiger partial charge is 0.242 e. The molecule has 0 fully saturated rings. The van der Waals surface area contributed by atoms with Crippen molar-refractivity contribution in [3.8, 4) is 0 Å². The number of hydrogen-bond acceptors (Lipinski definition) is 4. The Labute approximate surface area is 143 Å². The highest BCUT2D eigenvalue weighted by molar-refractivity contribution is 5.90. The van der Waals surface area contributed by atoms with Gasteiger partial charge < -0.3 is 16.4 Å². The molecule has 1 aromatic carbocycles. The van der Waals surface area contributed by atoms with Gasteiger partial charge in [0.05, 0.1) is 12.1 Å². The van der Waals surface area contributed by atoms with Crippen molar-refractivity contribution in [1.82, 2.24) is 10.6 Å². The lowest BCUT2D eigenvalue weighted by atomic mass is 10.00. The van der Waals surface area contributed by atoms with Crippen LogP contribution in [0.1, 0.15) is 32.8 Å². The number of benzene rings is 1. The third-order valence-electron chi connectivity index (χ3n) is 4.02. The maximum Gasteiger partial charge on any atom is 0.242 e. The second kappa shape index (κ2) is 9.82. The standard InChI is InChI=1S/C18H26N3O3/c1-4-12(2)16(11-22)21-17(23)13(3)20-18(24)15(19)10-14-8-6-5-7-9-14/h5-9,12-13,15-16H,4,10,19H2,1-3H3,(H,20,24)(H,21,23)/t12-,13-,15-,16+/m0/s1. The van der Waals surface area contributed by atoms with Crippen molar-refractivity contribution in [1.29, 1.82) is 0 Å². The van der Waals surface area contributed by atoms with Crippen LogP contribution in [0.2, 0.25) is 0 Å². The topological polar surface area (TPSA) is 101 Å². The summed E-state index contributed by atoms with van der Waals surface area (Å²) in [7, 11) is 0. The molecular weight excluding hydrogens is 306 g/mol. The molecule has 0 spiro atoms. The summed E-state index contributed by atoms with van der Waals surface area (Å²) >= 11 is 0. The number of amides is 2. The van der Waals surface area contributed by atoms with Crippen LogP contribution in [0.25, 0.3) is 0 Å². The number of rotatable bonds is 9. The van der Waals surface area contributed by atoms with E-state index in [1.54, 1.807) is 6.92 Å². The third kappa shape index (κ3) is 6.12. The molecule has 0 saturated heterocycles. The Kier molecular flexibility index (Phi) is 8.12. The van der Waals surface area contributed by atoms with Crippen molar-refractivity contribution in [3.63, 3.8) is 0 Å². The van der Waals surface area contributed by atoms with Crippen molar-refractivity contribution in [3.05, 3.63) is 35.9 Å². The van der Waals surface area contributed by atoms with E-state index in [1.807, 2.05) is 50.5 Å². The van der Waals surface area contributed by atoms with E-state index in [2.05, 4.69) is 10.6 Å². The number of hydrogen-bond donors (Lipinski definition) is 3. The second-order valence-electron chi connectivity index (χ2n) is 6.02. The minimum Gasteiger partial charge on any atom is -0.344 e. The van der Waals surface area contributed by atoms with Crippen molar-refractivity contribution in [2.45, 2.75) is 51.7 Å². The third-order valence-corrected chi connectivity index (χ3v) is 4.02. The first-order valence-corrected chi connectivity index (χ1v) is 8.16. The Hall–Kier alpha value is -2.21. The molecule has 131 valence electrons. The Morgan fingerprint density at radius 3 is 2.29 bits per heavy atom. The molecule has 0 heterocycles. The number of carbonyl (C=O) groups excluding carboxylic acids is 3. The van der Waals surface area contributed by atoms with Crippen LogP contribution in [0.4, 0.5) is 0 Å². The average molecular weight is 332 g/mol. The normalized spacial score (nSPS) is 15.7. The van der Waals surface area contributed by atoms with Crippen LogP contribution in [-0.4, -0.2) is 36.2 Å². The van der Waals surface area contributed by atoms with Crippen molar-refractivity contribution < 1.29 is 14.4 Å². The summed E-state index contributed by atoms with van der Waals surface area (Å²) in [4.78, 5) is 35.2. The maximum atomic E-state index is 12.1. The van der Waals surface area contributed by atoms with E-state index in [-0.39, 0.29) is 5.92 Å². The molecule has 0 aromatic heterocycles. The molecule has 24 heavy (non-hydrogen) atoms. The Bertz CT molecular complexity index is 548. The molecule has 1 rings (SSSR count). The SMILES string of the molecule is CC[C@H](C)[C@@H]([C]=O)NC(=O)[C@H](C)NC(=O)[C@@H](N)Cc1ccccc1. The Balaban J connectivity index is 2.53. The first-order valence-electron chi connectivity index (χ1n) is 8.16. The van der Waals surface area contributed by atoms with E-state index in [0.717, 1.165) is 12.0 Å². The van der Waals surface area contributed by atoms with E-state index in [1.165, 1.54) is 0 Å². The van der Waals surface area contributed by atoms with Crippen LogP contribution < -0.4 is 16.4 Å². The fraction of sp³-hybridized carbons (Fsp3) is 0.500. The first-order chi connectivity index (χ1) is 11.4. The lowest BCUT2D eigenvalue weighted by molar-refractivity contribution is -0.129. The van der Waals surface area contributed by atoms with E-state index in [0.29, 0.717) is 6.42 Å². The zero-order valence-corrected chi connectivity index (χ0v) is 14.4. The molecule has 1 radical (unpaired) electrons. The molecular formula is C18H26N3O3. The lowest BCUT2D eigenvalue weighted by Gasteiger charge is -2.22. The molecule has 2 amide bonds. The largest absolute Gasteiger partial charge is 0.344 e. The molecule has 0 aliphatic heterocycles. The fourth-order valence-corrected chi connectivity index (χ4v) is 2.15. The Morgan fingerprint density at radius 2 is 1.75 bits per heavy atom. The summed E-state index contributed by atoms with van der Waals surface area (Å²) in [5.74, 6) is -0.852. The molecule has 0 saturated carbocycles. The quantitative estimate of drug-likeness (QED) is 0.619. The summed E-state index contributed by atoms with van der Waals surface area (Å²) in [5, 5.41) is 5.17. The number of nitrogens with two attached hydrogens (primary N) is 1. The molecule has 6 heteroatoms. The maximum absolute atomic E-state index is 12.1. The van der Waals surface area contributed by atoms with Crippen LogP contribution >= 0.6 is 0 Å². The number of carbonyl (C=O) groups is 2. The molecule has 4 atom stereocenters. The van der Waals surface area contributed by atoms with Crippen molar-refractivity contribution >= 4 is 18.1 Å². The van der Waals surface area contributed by atoms with Gasteiger partial charge in [-0.05, 0) is 24.8 Å². The zero-order chi connectivity index (χ0) is 18.1. The molecule has 6 nitrogen and oxygen atoms in total. The monoisotopic (exact) mass is 332 g/mol. The van der Waals surface area contributed by atoms with Crippen LogP contribution in [0.15, 0.2) is 30.3 Å². The van der Waals surface area contributed by atoms with Gasteiger partial charge in [0.1, 0.15) is 6.04 Å². The van der Waals surface area contributed by atoms with Crippen molar-refractivity contribution in [2.75, 3.05) is 0 Å². The van der Waals surface area contributed by atoms with Gasteiger partial charge >= 0.3 is 0 Å². The highest BCUT2D eigenvalue weighted by atomic mass is 16.2. The molecule has 0 aliphatic rings. The predicted octanol–water partition coefficient (Wildman–Crippen LogP) is 0.702. The summed E-state index contributed by atoms with van der Waals surface area (Å²) in [5.41, 5.74) is 6.84. The minimum atomic E-state index is -0.778. The van der Waals surface area contributed by atoms with Gasteiger partial charge in [-0.3, -0.25) is 14.4 Å². The summed E-state index contributed by atoms with van der Waals surface area (Å²) in [6.45, 7) is 5.34. The highest BCUT2D eigenvalue weighted by Crippen LogP contribution is 2.06. The molecule has 0 bridgehead atoms. The minimum absolute atomic E-state index is 0.0188. The van der Waals surface area contributed by atoms with Gasteiger partial charge in [0.2, 0.25) is 18.1 Å². The van der Waals surface area contributed by atoms with Gasteiger partial charge in [-0.2, -0.15) is 0 Å². The van der Waals surface area contributed by atoms with Gasteiger partial charge in [-0.25, -0.2) is 0 Å². The van der Waals surface area contributed by atoms with E-state index in [4.69, 9.17) is 5.73 Å². The van der Waals surface area contributed by atoms with Gasteiger partial charge in [-0.1, -0.05) is 50.6 Å². The van der Waals surface area contributed by atoms with Gasteiger partial charge in [0.25, 0.3) is 0 Å². The first kappa shape index (κ1) is 19.8. The summed E-state index contributed by atoms with van der Waals surface area (Å²) in [6.07, 6.45) is 2.95. The van der Waals surface area contributed by atoms with Crippen LogP contribution in [0.5, 0.6) is 0 Å². The van der Waals surface area contributed by atoms with Gasteiger partial charge in [-0.15, -0.1) is 0 Å². The van der Waals surface area contributed by atoms with E-state index in [9.17, 15) is 14.4 Å².